The average molecular weight is 363 g/mol. The van der Waals surface area contributed by atoms with Gasteiger partial charge in [0.05, 0.1) is 11.8 Å². The molecule has 0 aliphatic heterocycles. The first-order valence-electron chi connectivity index (χ1n) is 6.81. The summed E-state index contributed by atoms with van der Waals surface area (Å²) in [4.78, 5) is 4.87. The molecule has 0 unspecified atom stereocenters. The van der Waals surface area contributed by atoms with Gasteiger partial charge in [-0.1, -0.05) is 35.5 Å². The normalized spacial score (nSPS) is 12.4. The van der Waals surface area contributed by atoms with E-state index in [0.29, 0.717) is 5.56 Å². The zero-order valence-electron chi connectivity index (χ0n) is 12.4. The molecule has 0 aromatic heterocycles. The molecule has 0 radical (unpaired) electrons. The summed E-state index contributed by atoms with van der Waals surface area (Å²) in [7, 11) is 0. The van der Waals surface area contributed by atoms with Crippen molar-refractivity contribution in [3.63, 3.8) is 0 Å². The van der Waals surface area contributed by atoms with Crippen LogP contribution in [0, 0.1) is 0 Å². The van der Waals surface area contributed by atoms with Gasteiger partial charge in [0.25, 0.3) is 0 Å². The lowest BCUT2D eigenvalue weighted by molar-refractivity contribution is -0.274. The summed E-state index contributed by atoms with van der Waals surface area (Å²) in [6, 6.07) is 9.66. The first-order chi connectivity index (χ1) is 11.6. The predicted molar refractivity (Wildman–Crippen MR) is 77.0 cm³/mol. The van der Waals surface area contributed by atoms with Crippen molar-refractivity contribution in [3.8, 4) is 5.75 Å². The lowest BCUT2D eigenvalue weighted by atomic mass is 10.1. The molecule has 0 heterocycles. The molecule has 25 heavy (non-hydrogen) atoms. The molecule has 0 atom stereocenters. The van der Waals surface area contributed by atoms with Crippen LogP contribution in [-0.2, 0) is 17.6 Å². The van der Waals surface area contributed by atoms with E-state index in [9.17, 15) is 26.3 Å². The Hall–Kier alpha value is -2.71. The maximum Gasteiger partial charge on any atom is 0.573 e. The van der Waals surface area contributed by atoms with Crippen molar-refractivity contribution in [1.82, 2.24) is 0 Å². The first-order valence-corrected chi connectivity index (χ1v) is 6.81. The average Bonchev–Trinajstić information content (AvgIpc) is 2.51. The first kappa shape index (κ1) is 18.6. The van der Waals surface area contributed by atoms with E-state index in [1.165, 1.54) is 30.3 Å². The van der Waals surface area contributed by atoms with Gasteiger partial charge in [-0.3, -0.25) is 0 Å². The molecule has 9 heteroatoms. The fourth-order valence-corrected chi connectivity index (χ4v) is 1.86. The van der Waals surface area contributed by atoms with Gasteiger partial charge < -0.3 is 9.57 Å². The summed E-state index contributed by atoms with van der Waals surface area (Å²) in [6.07, 6.45) is -8.38. The summed E-state index contributed by atoms with van der Waals surface area (Å²) in [5, 5.41) is 3.46. The summed E-state index contributed by atoms with van der Waals surface area (Å²) in [5.74, 6) is -0.390. The number of hydrogen-bond donors (Lipinski definition) is 0. The lowest BCUT2D eigenvalue weighted by Gasteiger charge is -2.09. The van der Waals surface area contributed by atoms with Gasteiger partial charge in [-0.25, -0.2) is 0 Å². The largest absolute Gasteiger partial charge is 0.573 e. The Morgan fingerprint density at radius 3 is 2.12 bits per heavy atom. The van der Waals surface area contributed by atoms with Crippen LogP contribution in [-0.4, -0.2) is 12.6 Å². The fraction of sp³-hybridized carbons (Fsp3) is 0.188. The van der Waals surface area contributed by atoms with E-state index >= 15 is 0 Å². The van der Waals surface area contributed by atoms with E-state index in [1.807, 2.05) is 0 Å². The topological polar surface area (TPSA) is 30.8 Å². The molecule has 0 fully saturated rings. The van der Waals surface area contributed by atoms with Gasteiger partial charge in [-0.05, 0) is 23.8 Å². The third kappa shape index (κ3) is 6.02. The molecule has 2 aromatic rings. The van der Waals surface area contributed by atoms with E-state index in [1.54, 1.807) is 0 Å². The maximum atomic E-state index is 12.8. The second-order valence-corrected chi connectivity index (χ2v) is 4.78. The van der Waals surface area contributed by atoms with Crippen LogP contribution in [0.25, 0.3) is 0 Å². The third-order valence-electron chi connectivity index (χ3n) is 2.92. The van der Waals surface area contributed by atoms with E-state index in [4.69, 9.17) is 4.84 Å². The monoisotopic (exact) mass is 363 g/mol. The highest BCUT2D eigenvalue weighted by Crippen LogP contribution is 2.31. The maximum absolute atomic E-state index is 12.8. The van der Waals surface area contributed by atoms with Crippen LogP contribution in [0.15, 0.2) is 53.7 Å². The van der Waals surface area contributed by atoms with Crippen molar-refractivity contribution in [1.29, 1.82) is 0 Å². The highest BCUT2D eigenvalue weighted by Gasteiger charge is 2.32. The summed E-state index contributed by atoms with van der Waals surface area (Å²) in [5.41, 5.74) is -0.546. The van der Waals surface area contributed by atoms with Crippen molar-refractivity contribution in [2.45, 2.75) is 19.1 Å². The molecule has 3 nitrogen and oxygen atoms in total. The zero-order valence-corrected chi connectivity index (χ0v) is 12.4. The number of benzene rings is 2. The van der Waals surface area contributed by atoms with Gasteiger partial charge in [-0.2, -0.15) is 13.2 Å². The third-order valence-corrected chi connectivity index (χ3v) is 2.92. The Bertz CT molecular complexity index is 723. The Labute approximate surface area is 138 Å². The van der Waals surface area contributed by atoms with Gasteiger partial charge in [0, 0.05) is 5.56 Å². The summed E-state index contributed by atoms with van der Waals surface area (Å²) >= 11 is 0. The van der Waals surface area contributed by atoms with E-state index in [2.05, 4.69) is 9.89 Å². The number of ether oxygens (including phenoxy) is 1. The van der Waals surface area contributed by atoms with Crippen LogP contribution in [0.3, 0.4) is 0 Å². The van der Waals surface area contributed by atoms with Crippen molar-refractivity contribution < 1.29 is 35.9 Å². The molecular weight excluding hydrogens is 352 g/mol. The summed E-state index contributed by atoms with van der Waals surface area (Å²) < 4.78 is 78.1. The lowest BCUT2D eigenvalue weighted by Crippen LogP contribution is -2.17. The molecule has 2 aromatic carbocycles. The van der Waals surface area contributed by atoms with E-state index in [-0.39, 0.29) is 17.9 Å². The van der Waals surface area contributed by atoms with Gasteiger partial charge in [0.1, 0.15) is 12.4 Å². The number of hydrogen-bond acceptors (Lipinski definition) is 3. The smallest absolute Gasteiger partial charge is 0.406 e. The Kier molecular flexibility index (Phi) is 5.55. The van der Waals surface area contributed by atoms with Crippen LogP contribution in [0.2, 0.25) is 0 Å². The van der Waals surface area contributed by atoms with E-state index < -0.39 is 18.1 Å². The van der Waals surface area contributed by atoms with Crippen molar-refractivity contribution in [3.05, 3.63) is 65.2 Å². The molecule has 0 aliphatic rings. The molecule has 0 spiro atoms. The minimum atomic E-state index is -4.78. The number of rotatable bonds is 5. The molecule has 0 saturated heterocycles. The minimum Gasteiger partial charge on any atom is -0.406 e. The van der Waals surface area contributed by atoms with Gasteiger partial charge in [-0.15, -0.1) is 13.2 Å². The van der Waals surface area contributed by atoms with Crippen molar-refractivity contribution in [2.24, 2.45) is 5.16 Å². The standard InChI is InChI=1S/C16H11F6NO2/c17-15(18,19)14-4-2-1-3-12(14)9-23-24-10-11-5-7-13(8-6-11)25-16(20,21)22/h1-9H,10H2. The molecular formula is C16H11F6NO2. The summed E-state index contributed by atoms with van der Waals surface area (Å²) in [6.45, 7) is -0.128. The Balaban J connectivity index is 1.94. The van der Waals surface area contributed by atoms with Gasteiger partial charge in [0.15, 0.2) is 0 Å². The molecule has 0 bridgehead atoms. The van der Waals surface area contributed by atoms with Crippen LogP contribution in [0.1, 0.15) is 16.7 Å². The molecule has 0 aliphatic carbocycles. The molecule has 0 saturated carbocycles. The second-order valence-electron chi connectivity index (χ2n) is 4.78. The van der Waals surface area contributed by atoms with Crippen molar-refractivity contribution in [2.75, 3.05) is 0 Å². The molecule has 0 amide bonds. The van der Waals surface area contributed by atoms with Crippen LogP contribution < -0.4 is 4.74 Å². The fourth-order valence-electron chi connectivity index (χ4n) is 1.86. The van der Waals surface area contributed by atoms with Crippen LogP contribution in [0.4, 0.5) is 26.3 Å². The Morgan fingerprint density at radius 2 is 1.52 bits per heavy atom. The zero-order chi connectivity index (χ0) is 18.5. The Morgan fingerprint density at radius 1 is 0.880 bits per heavy atom. The number of alkyl halides is 6. The van der Waals surface area contributed by atoms with Crippen LogP contribution >= 0.6 is 0 Å². The van der Waals surface area contributed by atoms with Gasteiger partial charge in [0.2, 0.25) is 0 Å². The number of halogens is 6. The van der Waals surface area contributed by atoms with E-state index in [0.717, 1.165) is 24.4 Å². The quantitative estimate of drug-likeness (QED) is 0.418. The van der Waals surface area contributed by atoms with Crippen molar-refractivity contribution >= 4 is 6.21 Å². The highest BCUT2D eigenvalue weighted by atomic mass is 19.4. The predicted octanol–water partition coefficient (Wildman–Crippen LogP) is 5.15. The SMILES string of the molecule is FC(F)(F)Oc1ccc(CON=Cc2ccccc2C(F)(F)F)cc1. The number of nitrogens with zero attached hydrogens (tertiary/aromatic N) is 1. The molecule has 2 rings (SSSR count). The highest BCUT2D eigenvalue weighted by molar-refractivity contribution is 5.81. The number of oxime groups is 1. The second kappa shape index (κ2) is 7.45. The molecule has 0 N–H and O–H groups in total. The van der Waals surface area contributed by atoms with Gasteiger partial charge >= 0.3 is 12.5 Å². The molecule has 134 valence electrons. The minimum absolute atomic E-state index is 0.128. The van der Waals surface area contributed by atoms with Crippen LogP contribution in [0.5, 0.6) is 5.75 Å².